The van der Waals surface area contributed by atoms with Crippen molar-refractivity contribution in [3.05, 3.63) is 59.7 Å². The lowest BCUT2D eigenvalue weighted by Crippen LogP contribution is -2.37. The number of rotatable bonds is 7. The van der Waals surface area contributed by atoms with Crippen molar-refractivity contribution in [1.82, 2.24) is 24.6 Å². The van der Waals surface area contributed by atoms with Crippen LogP contribution in [-0.2, 0) is 11.3 Å². The smallest absolute Gasteiger partial charge is 0.222 e. The first kappa shape index (κ1) is 22.8. The van der Waals surface area contributed by atoms with Crippen molar-refractivity contribution in [2.24, 2.45) is 5.92 Å². The number of carbonyl (C=O) groups is 1. The summed E-state index contributed by atoms with van der Waals surface area (Å²) in [4.78, 5) is 19.4. The van der Waals surface area contributed by atoms with E-state index in [1.165, 1.54) is 11.1 Å². The van der Waals surface area contributed by atoms with Gasteiger partial charge in [-0.15, -0.1) is 10.2 Å². The number of amides is 1. The third-order valence-corrected chi connectivity index (χ3v) is 7.61. The van der Waals surface area contributed by atoms with E-state index >= 15 is 0 Å². The SMILES string of the molecule is Cc1ccc2c(c1)c1nnc(SCCCC(=O)N3CCC(C)CC3)nc1n2Cc1ccccc1. The molecule has 34 heavy (non-hydrogen) atoms. The molecule has 2 aromatic carbocycles. The minimum atomic E-state index is 0.278. The van der Waals surface area contributed by atoms with E-state index in [0.717, 1.165) is 72.6 Å². The predicted molar refractivity (Wildman–Crippen MR) is 138 cm³/mol. The number of hydrogen-bond acceptors (Lipinski definition) is 5. The van der Waals surface area contributed by atoms with E-state index in [1.54, 1.807) is 11.8 Å². The van der Waals surface area contributed by atoms with Crippen LogP contribution in [0.3, 0.4) is 0 Å². The predicted octanol–water partition coefficient (Wildman–Crippen LogP) is 5.47. The fourth-order valence-electron chi connectivity index (χ4n) is 4.65. The van der Waals surface area contributed by atoms with Crippen LogP contribution in [0.2, 0.25) is 0 Å². The summed E-state index contributed by atoms with van der Waals surface area (Å²) in [5, 5.41) is 10.7. The van der Waals surface area contributed by atoms with Gasteiger partial charge in [0.2, 0.25) is 11.1 Å². The summed E-state index contributed by atoms with van der Waals surface area (Å²) in [7, 11) is 0. The molecule has 0 atom stereocenters. The van der Waals surface area contributed by atoms with Crippen LogP contribution in [-0.4, -0.2) is 49.4 Å². The standard InChI is InChI=1S/C27H31N5OS/c1-19-12-14-31(15-13-19)24(33)9-6-16-34-27-28-26-25(29-30-27)22-17-20(2)10-11-23(22)32(26)18-21-7-4-3-5-8-21/h3-5,7-8,10-11,17,19H,6,9,12-16,18H2,1-2H3. The van der Waals surface area contributed by atoms with Gasteiger partial charge in [0.15, 0.2) is 5.65 Å². The normalized spacial score (nSPS) is 14.8. The number of aromatic nitrogens is 4. The van der Waals surface area contributed by atoms with E-state index in [-0.39, 0.29) is 5.91 Å². The summed E-state index contributed by atoms with van der Waals surface area (Å²) in [6.07, 6.45) is 3.65. The van der Waals surface area contributed by atoms with Gasteiger partial charge in [0.05, 0.1) is 5.52 Å². The Hall–Kier alpha value is -2.93. The molecule has 7 heteroatoms. The number of benzene rings is 2. The van der Waals surface area contributed by atoms with E-state index < -0.39 is 0 Å². The summed E-state index contributed by atoms with van der Waals surface area (Å²) < 4.78 is 2.24. The maximum Gasteiger partial charge on any atom is 0.222 e. The second-order valence-corrected chi connectivity index (χ2v) is 10.4. The summed E-state index contributed by atoms with van der Waals surface area (Å²) in [6, 6.07) is 16.9. The van der Waals surface area contributed by atoms with Gasteiger partial charge in [-0.25, -0.2) is 4.98 Å². The molecule has 5 rings (SSSR count). The largest absolute Gasteiger partial charge is 0.343 e. The van der Waals surface area contributed by atoms with Crippen LogP contribution in [0, 0.1) is 12.8 Å². The molecule has 176 valence electrons. The zero-order valence-corrected chi connectivity index (χ0v) is 20.7. The number of aryl methyl sites for hydroxylation is 1. The number of carbonyl (C=O) groups excluding carboxylic acids is 1. The highest BCUT2D eigenvalue weighted by Gasteiger charge is 2.20. The van der Waals surface area contributed by atoms with Gasteiger partial charge in [0.1, 0.15) is 5.52 Å². The van der Waals surface area contributed by atoms with Crippen molar-refractivity contribution in [3.63, 3.8) is 0 Å². The minimum Gasteiger partial charge on any atom is -0.343 e. The lowest BCUT2D eigenvalue weighted by atomic mass is 9.99. The van der Waals surface area contributed by atoms with E-state index in [2.05, 4.69) is 71.1 Å². The molecule has 4 aromatic rings. The first-order valence-corrected chi connectivity index (χ1v) is 13.1. The Morgan fingerprint density at radius 2 is 1.88 bits per heavy atom. The number of hydrogen-bond donors (Lipinski definition) is 0. The zero-order valence-electron chi connectivity index (χ0n) is 19.9. The van der Waals surface area contributed by atoms with Crippen LogP contribution in [0.1, 0.15) is 43.7 Å². The van der Waals surface area contributed by atoms with Crippen LogP contribution < -0.4 is 0 Å². The third-order valence-electron chi connectivity index (χ3n) is 6.69. The minimum absolute atomic E-state index is 0.278. The Bertz CT molecular complexity index is 1290. The number of likely N-dealkylation sites (tertiary alicyclic amines) is 1. The first-order valence-electron chi connectivity index (χ1n) is 12.2. The number of piperidine rings is 1. The van der Waals surface area contributed by atoms with E-state index in [9.17, 15) is 4.79 Å². The van der Waals surface area contributed by atoms with Gasteiger partial charge >= 0.3 is 0 Å². The van der Waals surface area contributed by atoms with Gasteiger partial charge in [-0.1, -0.05) is 60.6 Å². The van der Waals surface area contributed by atoms with Crippen LogP contribution in [0.25, 0.3) is 22.1 Å². The van der Waals surface area contributed by atoms with Crippen LogP contribution in [0.15, 0.2) is 53.7 Å². The molecule has 1 aliphatic rings. The van der Waals surface area contributed by atoms with Crippen molar-refractivity contribution in [2.45, 2.75) is 51.2 Å². The lowest BCUT2D eigenvalue weighted by molar-refractivity contribution is -0.132. The van der Waals surface area contributed by atoms with Crippen LogP contribution in [0.5, 0.6) is 0 Å². The van der Waals surface area contributed by atoms with Crippen molar-refractivity contribution in [1.29, 1.82) is 0 Å². The monoisotopic (exact) mass is 473 g/mol. The van der Waals surface area contributed by atoms with Crippen LogP contribution in [0.4, 0.5) is 0 Å². The summed E-state index contributed by atoms with van der Waals surface area (Å²) in [5.74, 6) is 1.82. The summed E-state index contributed by atoms with van der Waals surface area (Å²) in [5.41, 5.74) is 5.24. The average Bonchev–Trinajstić information content (AvgIpc) is 3.15. The van der Waals surface area contributed by atoms with Gasteiger partial charge in [-0.05, 0) is 49.8 Å². The quantitative estimate of drug-likeness (QED) is 0.263. The lowest BCUT2D eigenvalue weighted by Gasteiger charge is -2.30. The van der Waals surface area contributed by atoms with Crippen molar-refractivity contribution >= 4 is 39.7 Å². The van der Waals surface area contributed by atoms with E-state index in [4.69, 9.17) is 4.98 Å². The van der Waals surface area contributed by atoms with Gasteiger partial charge in [-0.3, -0.25) is 4.79 Å². The summed E-state index contributed by atoms with van der Waals surface area (Å²) in [6.45, 7) is 6.90. The Labute approximate surface area is 204 Å². The number of fused-ring (bicyclic) bond motifs is 3. The average molecular weight is 474 g/mol. The molecule has 0 radical (unpaired) electrons. The van der Waals surface area contributed by atoms with Gasteiger partial charge in [0.25, 0.3) is 0 Å². The van der Waals surface area contributed by atoms with E-state index in [1.807, 2.05) is 11.0 Å². The Balaban J connectivity index is 1.31. The molecule has 1 amide bonds. The molecular weight excluding hydrogens is 442 g/mol. The fourth-order valence-corrected chi connectivity index (χ4v) is 5.37. The highest BCUT2D eigenvalue weighted by Crippen LogP contribution is 2.29. The van der Waals surface area contributed by atoms with Crippen molar-refractivity contribution < 1.29 is 4.79 Å². The maximum absolute atomic E-state index is 12.5. The van der Waals surface area contributed by atoms with Crippen molar-refractivity contribution in [2.75, 3.05) is 18.8 Å². The molecule has 0 saturated carbocycles. The first-order chi connectivity index (χ1) is 16.6. The number of thioether (sulfide) groups is 1. The second-order valence-electron chi connectivity index (χ2n) is 9.37. The van der Waals surface area contributed by atoms with E-state index in [0.29, 0.717) is 11.6 Å². The van der Waals surface area contributed by atoms with Gasteiger partial charge < -0.3 is 9.47 Å². The van der Waals surface area contributed by atoms with Gasteiger partial charge in [-0.2, -0.15) is 0 Å². The summed E-state index contributed by atoms with van der Waals surface area (Å²) >= 11 is 1.58. The molecule has 1 saturated heterocycles. The molecule has 2 aromatic heterocycles. The Morgan fingerprint density at radius 3 is 2.68 bits per heavy atom. The molecule has 1 aliphatic heterocycles. The molecule has 6 nitrogen and oxygen atoms in total. The zero-order chi connectivity index (χ0) is 23.5. The second kappa shape index (κ2) is 10.1. The molecule has 0 bridgehead atoms. The van der Waals surface area contributed by atoms with Gasteiger partial charge in [0, 0.05) is 37.2 Å². The molecule has 0 unspecified atom stereocenters. The molecule has 1 fully saturated rings. The topological polar surface area (TPSA) is 63.9 Å². The Morgan fingerprint density at radius 1 is 1.09 bits per heavy atom. The van der Waals surface area contributed by atoms with Crippen molar-refractivity contribution in [3.8, 4) is 0 Å². The Kier molecular flexibility index (Phi) is 6.81. The maximum atomic E-state index is 12.5. The highest BCUT2D eigenvalue weighted by molar-refractivity contribution is 7.99. The number of nitrogens with zero attached hydrogens (tertiary/aromatic N) is 5. The highest BCUT2D eigenvalue weighted by atomic mass is 32.2. The third kappa shape index (κ3) is 4.94. The molecular formula is C27H31N5OS. The molecule has 0 spiro atoms. The molecule has 0 aliphatic carbocycles. The molecule has 3 heterocycles. The molecule has 0 N–H and O–H groups in total. The fraction of sp³-hybridized carbons (Fsp3) is 0.407. The van der Waals surface area contributed by atoms with Crippen LogP contribution >= 0.6 is 11.8 Å².